The van der Waals surface area contributed by atoms with Crippen LogP contribution in [0, 0.1) is 0 Å². The monoisotopic (exact) mass is 280 g/mol. The van der Waals surface area contributed by atoms with Crippen LogP contribution < -0.4 is 29.6 Å². The molecule has 0 saturated heterocycles. The molecule has 17 heavy (non-hydrogen) atoms. The summed E-state index contributed by atoms with van der Waals surface area (Å²) in [6, 6.07) is 0. The molecule has 0 amide bonds. The van der Waals surface area contributed by atoms with Crippen LogP contribution in [0.15, 0.2) is 0 Å². The van der Waals surface area contributed by atoms with Gasteiger partial charge in [-0.2, -0.15) is 8.42 Å². The molecule has 0 radical (unpaired) electrons. The van der Waals surface area contributed by atoms with Gasteiger partial charge in [0.05, 0.1) is 0 Å². The largest absolute Gasteiger partial charge is 1.00 e. The average molecular weight is 280 g/mol. The Morgan fingerprint density at radius 1 is 0.882 bits per heavy atom. The molecule has 0 bridgehead atoms. The SMILES string of the molecule is CCCCCCCCCCO.O=S(=O)(O)O.[H-].[Na+]. The summed E-state index contributed by atoms with van der Waals surface area (Å²) >= 11 is 0. The molecule has 0 saturated carbocycles. The first-order valence-corrected chi connectivity index (χ1v) is 7.12. The minimum atomic E-state index is -4.67. The van der Waals surface area contributed by atoms with Crippen LogP contribution in [0.25, 0.3) is 0 Å². The van der Waals surface area contributed by atoms with Crippen molar-refractivity contribution in [1.29, 1.82) is 0 Å². The maximum atomic E-state index is 8.74. The van der Waals surface area contributed by atoms with Crippen molar-refractivity contribution in [1.82, 2.24) is 0 Å². The maximum Gasteiger partial charge on any atom is 1.00 e. The zero-order valence-electron chi connectivity index (χ0n) is 11.9. The predicted molar refractivity (Wildman–Crippen MR) is 65.0 cm³/mol. The summed E-state index contributed by atoms with van der Waals surface area (Å²) in [6.07, 6.45) is 10.4. The molecule has 0 atom stereocenters. The predicted octanol–water partition coefficient (Wildman–Crippen LogP) is -0.417. The van der Waals surface area contributed by atoms with E-state index in [9.17, 15) is 0 Å². The van der Waals surface area contributed by atoms with E-state index in [4.69, 9.17) is 22.6 Å². The molecular formula is C10H25NaO5S. The van der Waals surface area contributed by atoms with E-state index in [2.05, 4.69) is 6.92 Å². The van der Waals surface area contributed by atoms with Crippen molar-refractivity contribution in [2.24, 2.45) is 0 Å². The van der Waals surface area contributed by atoms with Crippen molar-refractivity contribution in [3.05, 3.63) is 0 Å². The molecule has 7 heteroatoms. The van der Waals surface area contributed by atoms with Gasteiger partial charge in [-0.05, 0) is 6.42 Å². The summed E-state index contributed by atoms with van der Waals surface area (Å²) in [6.45, 7) is 2.61. The first-order chi connectivity index (χ1) is 7.41. The van der Waals surface area contributed by atoms with E-state index in [0.29, 0.717) is 6.61 Å². The zero-order valence-corrected chi connectivity index (χ0v) is 13.7. The zero-order chi connectivity index (χ0) is 12.9. The average Bonchev–Trinajstić information content (AvgIpc) is 2.14. The fourth-order valence-electron chi connectivity index (χ4n) is 1.25. The molecule has 0 aliphatic rings. The van der Waals surface area contributed by atoms with Crippen LogP contribution in [0.3, 0.4) is 0 Å². The molecule has 0 heterocycles. The van der Waals surface area contributed by atoms with E-state index in [-0.39, 0.29) is 31.0 Å². The van der Waals surface area contributed by atoms with Crippen molar-refractivity contribution < 1.29 is 53.6 Å². The van der Waals surface area contributed by atoms with Gasteiger partial charge in [0, 0.05) is 6.61 Å². The Morgan fingerprint density at radius 3 is 1.47 bits per heavy atom. The maximum absolute atomic E-state index is 8.74. The van der Waals surface area contributed by atoms with Gasteiger partial charge in [0.15, 0.2) is 0 Å². The summed E-state index contributed by atoms with van der Waals surface area (Å²) in [4.78, 5) is 0. The van der Waals surface area contributed by atoms with Crippen LogP contribution in [0.5, 0.6) is 0 Å². The first-order valence-electron chi connectivity index (χ1n) is 5.72. The van der Waals surface area contributed by atoms with Gasteiger partial charge in [-0.15, -0.1) is 0 Å². The van der Waals surface area contributed by atoms with E-state index in [0.717, 1.165) is 6.42 Å². The molecule has 0 rings (SSSR count). The third kappa shape index (κ3) is 47.5. The molecule has 0 spiro atoms. The second-order valence-electron chi connectivity index (χ2n) is 3.65. The van der Waals surface area contributed by atoms with Crippen LogP contribution in [-0.4, -0.2) is 29.2 Å². The normalized spacial score (nSPS) is 10.1. The Balaban J connectivity index is -0.000000122. The van der Waals surface area contributed by atoms with Crippen LogP contribution in [0.4, 0.5) is 0 Å². The topological polar surface area (TPSA) is 94.8 Å². The Labute approximate surface area is 128 Å². The molecule has 0 aromatic heterocycles. The number of aliphatic hydroxyl groups is 1. The molecule has 0 aromatic rings. The van der Waals surface area contributed by atoms with Gasteiger partial charge >= 0.3 is 40.0 Å². The Hall–Kier alpha value is 0.830. The third-order valence-electron chi connectivity index (χ3n) is 2.01. The van der Waals surface area contributed by atoms with Crippen LogP contribution in [0.2, 0.25) is 0 Å². The summed E-state index contributed by atoms with van der Waals surface area (Å²) < 4.78 is 31.6. The van der Waals surface area contributed by atoms with Gasteiger partial charge < -0.3 is 6.53 Å². The van der Waals surface area contributed by atoms with E-state index in [1.165, 1.54) is 44.9 Å². The quantitative estimate of drug-likeness (QED) is 0.319. The molecular weight excluding hydrogens is 255 g/mol. The van der Waals surface area contributed by atoms with Crippen molar-refractivity contribution in [3.63, 3.8) is 0 Å². The van der Waals surface area contributed by atoms with Gasteiger partial charge in [-0.25, -0.2) is 0 Å². The fraction of sp³-hybridized carbons (Fsp3) is 1.00. The van der Waals surface area contributed by atoms with Gasteiger partial charge in [0.1, 0.15) is 0 Å². The number of unbranched alkanes of at least 4 members (excludes halogenated alkanes) is 7. The molecule has 0 aliphatic carbocycles. The van der Waals surface area contributed by atoms with Crippen molar-refractivity contribution in [2.75, 3.05) is 6.61 Å². The third-order valence-corrected chi connectivity index (χ3v) is 2.01. The second kappa shape index (κ2) is 16.8. The number of hydrogen-bond acceptors (Lipinski definition) is 3. The first kappa shape index (κ1) is 23.0. The molecule has 0 aromatic carbocycles. The molecule has 102 valence electrons. The molecule has 0 unspecified atom stereocenters. The number of rotatable bonds is 8. The molecule has 5 nitrogen and oxygen atoms in total. The molecule has 3 N–H and O–H groups in total. The minimum absolute atomic E-state index is 0. The Bertz CT molecular complexity index is 208. The van der Waals surface area contributed by atoms with Crippen LogP contribution in [-0.2, 0) is 10.4 Å². The van der Waals surface area contributed by atoms with Crippen molar-refractivity contribution >= 4 is 10.4 Å². The summed E-state index contributed by atoms with van der Waals surface area (Å²) in [5.41, 5.74) is 0. The molecule has 0 aliphatic heterocycles. The van der Waals surface area contributed by atoms with E-state index < -0.39 is 10.4 Å². The van der Waals surface area contributed by atoms with Crippen molar-refractivity contribution in [3.8, 4) is 0 Å². The van der Waals surface area contributed by atoms with Crippen LogP contribution in [0.1, 0.15) is 59.7 Å². The summed E-state index contributed by atoms with van der Waals surface area (Å²) in [5.74, 6) is 0. The van der Waals surface area contributed by atoms with Crippen molar-refractivity contribution in [2.45, 2.75) is 58.3 Å². The summed E-state index contributed by atoms with van der Waals surface area (Å²) in [7, 11) is -4.67. The molecule has 0 fully saturated rings. The van der Waals surface area contributed by atoms with Gasteiger partial charge in [-0.1, -0.05) is 51.9 Å². The van der Waals surface area contributed by atoms with Gasteiger partial charge in [-0.3, -0.25) is 9.11 Å². The number of aliphatic hydroxyl groups excluding tert-OH is 1. The minimum Gasteiger partial charge on any atom is -1.00 e. The standard InChI is InChI=1S/C10H22O.Na.H2O4S.H/c1-2-3-4-5-6-7-8-9-10-11;;1-5(2,3)4;/h11H,2-10H2,1H3;;(H2,1,2,3,4);/q;+1;;-1. The fourth-order valence-corrected chi connectivity index (χ4v) is 1.25. The van der Waals surface area contributed by atoms with E-state index in [1.54, 1.807) is 0 Å². The Kier molecular flexibility index (Phi) is 22.7. The number of hydrogen-bond donors (Lipinski definition) is 3. The smallest absolute Gasteiger partial charge is 1.00 e. The van der Waals surface area contributed by atoms with Gasteiger partial charge in [0.25, 0.3) is 0 Å². The Morgan fingerprint density at radius 2 is 1.18 bits per heavy atom. The van der Waals surface area contributed by atoms with E-state index in [1.807, 2.05) is 0 Å². The second-order valence-corrected chi connectivity index (χ2v) is 4.54. The van der Waals surface area contributed by atoms with E-state index >= 15 is 0 Å². The summed E-state index contributed by atoms with van der Waals surface area (Å²) in [5, 5.41) is 8.51. The van der Waals surface area contributed by atoms with Gasteiger partial charge in [0.2, 0.25) is 0 Å². The van der Waals surface area contributed by atoms with Crippen LogP contribution >= 0.6 is 0 Å².